The van der Waals surface area contributed by atoms with Crippen molar-refractivity contribution in [3.05, 3.63) is 30.1 Å². The predicted octanol–water partition coefficient (Wildman–Crippen LogP) is 1.53. The summed E-state index contributed by atoms with van der Waals surface area (Å²) >= 11 is 0. The van der Waals surface area contributed by atoms with Gasteiger partial charge < -0.3 is 4.90 Å². The maximum Gasteiger partial charge on any atom is 0.0572 e. The zero-order valence-electron chi connectivity index (χ0n) is 10.0. The van der Waals surface area contributed by atoms with E-state index in [1.54, 1.807) is 0 Å². The average Bonchev–Trinajstić information content (AvgIpc) is 2.88. The van der Waals surface area contributed by atoms with Gasteiger partial charge in [-0.05, 0) is 32.5 Å². The smallest absolute Gasteiger partial charge is 0.0572 e. The lowest BCUT2D eigenvalue weighted by Gasteiger charge is -2.35. The topological polar surface area (TPSA) is 19.4 Å². The molecule has 2 aliphatic heterocycles. The molecule has 0 spiro atoms. The van der Waals surface area contributed by atoms with Gasteiger partial charge >= 0.3 is 0 Å². The molecule has 2 bridgehead atoms. The molecule has 2 saturated heterocycles. The summed E-state index contributed by atoms with van der Waals surface area (Å²) in [5, 5.41) is 0. The molecule has 2 fully saturated rings. The fourth-order valence-electron chi connectivity index (χ4n) is 3.16. The van der Waals surface area contributed by atoms with Crippen LogP contribution in [0.15, 0.2) is 24.4 Å². The van der Waals surface area contributed by atoms with Crippen LogP contribution < -0.4 is 0 Å². The van der Waals surface area contributed by atoms with Crippen LogP contribution in [0.1, 0.15) is 25.1 Å². The van der Waals surface area contributed by atoms with Crippen LogP contribution in [0.2, 0.25) is 0 Å². The first-order chi connectivity index (χ1) is 7.75. The van der Waals surface area contributed by atoms with Gasteiger partial charge in [-0.15, -0.1) is 0 Å². The molecule has 1 aromatic heterocycles. The van der Waals surface area contributed by atoms with Gasteiger partial charge in [0.05, 0.1) is 5.69 Å². The molecule has 0 amide bonds. The molecule has 1 aromatic rings. The van der Waals surface area contributed by atoms with Gasteiger partial charge in [0.1, 0.15) is 0 Å². The van der Waals surface area contributed by atoms with Crippen molar-refractivity contribution in [2.24, 2.45) is 0 Å². The molecular formula is C13H19N3. The summed E-state index contributed by atoms with van der Waals surface area (Å²) in [5.41, 5.74) is 1.21. The van der Waals surface area contributed by atoms with Crippen LogP contribution in [0.25, 0.3) is 0 Å². The minimum absolute atomic E-state index is 0.463. The summed E-state index contributed by atoms with van der Waals surface area (Å²) < 4.78 is 0. The summed E-state index contributed by atoms with van der Waals surface area (Å²) in [5.74, 6) is 0. The number of hydrogen-bond donors (Lipinski definition) is 0. The molecule has 3 heterocycles. The Morgan fingerprint density at radius 3 is 2.75 bits per heavy atom. The van der Waals surface area contributed by atoms with E-state index < -0.39 is 0 Å². The van der Waals surface area contributed by atoms with Gasteiger partial charge in [0.15, 0.2) is 0 Å². The number of nitrogens with zero attached hydrogens (tertiary/aromatic N) is 3. The highest BCUT2D eigenvalue weighted by Crippen LogP contribution is 2.35. The Kier molecular flexibility index (Phi) is 2.45. The highest BCUT2D eigenvalue weighted by atomic mass is 15.3. The fraction of sp³-hybridized carbons (Fsp3) is 0.615. The van der Waals surface area contributed by atoms with Gasteiger partial charge in [-0.25, -0.2) is 0 Å². The maximum atomic E-state index is 4.47. The quantitative estimate of drug-likeness (QED) is 0.749. The van der Waals surface area contributed by atoms with Crippen LogP contribution in [0.3, 0.4) is 0 Å². The molecule has 0 radical (unpaired) electrons. The Balaban J connectivity index is 1.76. The number of piperazine rings is 1. The molecule has 3 rings (SSSR count). The Labute approximate surface area is 97.1 Å². The number of rotatable bonds is 2. The van der Waals surface area contributed by atoms with Gasteiger partial charge in [-0.3, -0.25) is 9.88 Å². The lowest BCUT2D eigenvalue weighted by Crippen LogP contribution is -2.45. The largest absolute Gasteiger partial charge is 0.301 e. The number of fused-ring (bicyclic) bond motifs is 2. The minimum Gasteiger partial charge on any atom is -0.301 e. The molecule has 2 unspecified atom stereocenters. The molecule has 86 valence electrons. The molecule has 2 aliphatic rings. The molecule has 0 aromatic carbocycles. The van der Waals surface area contributed by atoms with Crippen molar-refractivity contribution >= 4 is 0 Å². The van der Waals surface area contributed by atoms with Gasteiger partial charge in [0.2, 0.25) is 0 Å². The van der Waals surface area contributed by atoms with E-state index in [4.69, 9.17) is 0 Å². The van der Waals surface area contributed by atoms with E-state index in [0.29, 0.717) is 6.04 Å². The van der Waals surface area contributed by atoms with Crippen LogP contribution in [0.5, 0.6) is 0 Å². The van der Waals surface area contributed by atoms with Crippen LogP contribution >= 0.6 is 0 Å². The molecule has 16 heavy (non-hydrogen) atoms. The number of likely N-dealkylation sites (tertiary alicyclic amines) is 2. The number of aromatic nitrogens is 1. The predicted molar refractivity (Wildman–Crippen MR) is 64.2 cm³/mol. The Morgan fingerprint density at radius 2 is 2.19 bits per heavy atom. The fourth-order valence-corrected chi connectivity index (χ4v) is 3.16. The van der Waals surface area contributed by atoms with Crippen molar-refractivity contribution in [3.8, 4) is 0 Å². The summed E-state index contributed by atoms with van der Waals surface area (Å²) in [6.07, 6.45) is 3.24. The van der Waals surface area contributed by atoms with Gasteiger partial charge in [-0.1, -0.05) is 6.07 Å². The molecule has 3 nitrogen and oxygen atoms in total. The van der Waals surface area contributed by atoms with Crippen molar-refractivity contribution in [3.63, 3.8) is 0 Å². The van der Waals surface area contributed by atoms with E-state index in [1.807, 2.05) is 12.3 Å². The van der Waals surface area contributed by atoms with Crippen molar-refractivity contribution in [2.75, 3.05) is 20.1 Å². The number of pyridine rings is 1. The van der Waals surface area contributed by atoms with E-state index in [1.165, 1.54) is 25.2 Å². The van der Waals surface area contributed by atoms with Crippen molar-refractivity contribution < 1.29 is 0 Å². The van der Waals surface area contributed by atoms with Crippen LogP contribution in [-0.2, 0) is 0 Å². The van der Waals surface area contributed by atoms with Crippen molar-refractivity contribution in [1.82, 2.24) is 14.8 Å². The van der Waals surface area contributed by atoms with Gasteiger partial charge in [0, 0.05) is 37.4 Å². The standard InChI is InChI=1S/C13H19N3/c1-10(13-5-3-4-6-14-13)16-9-11-7-12(16)8-15(11)2/h3-6,10-12H,7-9H2,1-2H3/t10-,11?,12?/m1/s1. The SMILES string of the molecule is C[C@H](c1ccccn1)N1CC2CC1CN2C. The van der Waals surface area contributed by atoms with E-state index in [-0.39, 0.29) is 0 Å². The van der Waals surface area contributed by atoms with Crippen LogP contribution in [-0.4, -0.2) is 47.0 Å². The normalized spacial score (nSPS) is 32.1. The second-order valence-corrected chi connectivity index (χ2v) is 5.11. The van der Waals surface area contributed by atoms with E-state index >= 15 is 0 Å². The third-order valence-electron chi connectivity index (χ3n) is 4.17. The van der Waals surface area contributed by atoms with Gasteiger partial charge in [0.25, 0.3) is 0 Å². The molecule has 3 heteroatoms. The Hall–Kier alpha value is -0.930. The van der Waals surface area contributed by atoms with Crippen molar-refractivity contribution in [2.45, 2.75) is 31.5 Å². The third kappa shape index (κ3) is 1.55. The summed E-state index contributed by atoms with van der Waals surface area (Å²) in [7, 11) is 2.24. The molecule has 0 N–H and O–H groups in total. The molecule has 3 atom stereocenters. The van der Waals surface area contributed by atoms with Gasteiger partial charge in [-0.2, -0.15) is 0 Å². The lowest BCUT2D eigenvalue weighted by atomic mass is 10.1. The molecule has 0 aliphatic carbocycles. The summed E-state index contributed by atoms with van der Waals surface area (Å²) in [4.78, 5) is 9.58. The second-order valence-electron chi connectivity index (χ2n) is 5.11. The monoisotopic (exact) mass is 217 g/mol. The van der Waals surface area contributed by atoms with Crippen LogP contribution in [0.4, 0.5) is 0 Å². The first-order valence-corrected chi connectivity index (χ1v) is 6.12. The Morgan fingerprint density at radius 1 is 1.31 bits per heavy atom. The number of likely N-dealkylation sites (N-methyl/N-ethyl adjacent to an activating group) is 1. The molecular weight excluding hydrogens is 198 g/mol. The molecule has 0 saturated carbocycles. The number of hydrogen-bond acceptors (Lipinski definition) is 3. The highest BCUT2D eigenvalue weighted by molar-refractivity contribution is 5.11. The first kappa shape index (κ1) is 10.2. The van der Waals surface area contributed by atoms with E-state index in [9.17, 15) is 0 Å². The average molecular weight is 217 g/mol. The summed E-state index contributed by atoms with van der Waals surface area (Å²) in [6, 6.07) is 8.19. The first-order valence-electron chi connectivity index (χ1n) is 6.12. The van der Waals surface area contributed by atoms with Crippen molar-refractivity contribution in [1.29, 1.82) is 0 Å². The van der Waals surface area contributed by atoms with E-state index in [2.05, 4.69) is 40.9 Å². The minimum atomic E-state index is 0.463. The lowest BCUT2D eigenvalue weighted by molar-refractivity contribution is 0.112. The third-order valence-corrected chi connectivity index (χ3v) is 4.17. The summed E-state index contributed by atoms with van der Waals surface area (Å²) in [6.45, 7) is 4.71. The maximum absolute atomic E-state index is 4.47. The second kappa shape index (κ2) is 3.82. The van der Waals surface area contributed by atoms with Crippen LogP contribution in [0, 0.1) is 0 Å². The van der Waals surface area contributed by atoms with E-state index in [0.717, 1.165) is 12.1 Å². The zero-order valence-corrected chi connectivity index (χ0v) is 10.0. The Bertz CT molecular complexity index is 363. The zero-order chi connectivity index (χ0) is 11.1. The highest BCUT2D eigenvalue weighted by Gasteiger charge is 2.43.